The van der Waals surface area contributed by atoms with E-state index in [0.29, 0.717) is 31.6 Å². The van der Waals surface area contributed by atoms with Crippen molar-refractivity contribution in [3.63, 3.8) is 0 Å². The topological polar surface area (TPSA) is 237 Å². The van der Waals surface area contributed by atoms with Crippen molar-refractivity contribution < 1.29 is 80.2 Å². The van der Waals surface area contributed by atoms with Gasteiger partial charge in [-0.1, -0.05) is 363 Å². The standard InChI is InChI=1S/C80H156O17P2/c1-8-10-11-12-13-14-15-22-28-34-41-49-56-63-79(84)97-76(68-91-78(83)62-55-48-43-36-38-45-52-59-72(5)6)70-95-99(88,89)93-66-74(81)65-92-98(86,87)94-69-75(67-90-77(82)61-54-47-40-33-30-25-26-31-37-44-51-58-71(3)4)96-80(85)64-57-50-42-35-29-24-21-19-17-16-18-20-23-27-32-39-46-53-60-73(7)9-2/h71-76,81H,8-70H2,1-7H3,(H,86,87)(H,88,89)/t73?,74-,75-,76-/m1/s1. The van der Waals surface area contributed by atoms with Gasteiger partial charge in [-0.3, -0.25) is 37.3 Å². The first-order chi connectivity index (χ1) is 47.8. The molecule has 99 heavy (non-hydrogen) atoms. The first-order valence-electron chi connectivity index (χ1n) is 41.4. The van der Waals surface area contributed by atoms with E-state index < -0.39 is 97.5 Å². The summed E-state index contributed by atoms with van der Waals surface area (Å²) in [5.41, 5.74) is 0. The monoisotopic (exact) mass is 1450 g/mol. The maximum absolute atomic E-state index is 13.1. The number of ether oxygens (including phenoxy) is 4. The van der Waals surface area contributed by atoms with Crippen molar-refractivity contribution in [2.75, 3.05) is 39.6 Å². The lowest BCUT2D eigenvalue weighted by Crippen LogP contribution is -2.30. The van der Waals surface area contributed by atoms with E-state index in [1.807, 2.05) is 0 Å². The summed E-state index contributed by atoms with van der Waals surface area (Å²) in [6, 6.07) is 0. The molecule has 0 aliphatic rings. The molecule has 0 amide bonds. The van der Waals surface area contributed by atoms with E-state index in [4.69, 9.17) is 37.0 Å². The molecule has 0 spiro atoms. The van der Waals surface area contributed by atoms with E-state index in [1.165, 1.54) is 218 Å². The average Bonchev–Trinajstić information content (AvgIpc) is 1.31. The zero-order valence-corrected chi connectivity index (χ0v) is 66.8. The van der Waals surface area contributed by atoms with Gasteiger partial charge >= 0.3 is 39.5 Å². The molecule has 0 saturated heterocycles. The van der Waals surface area contributed by atoms with Crippen molar-refractivity contribution in [3.8, 4) is 0 Å². The Morgan fingerprint density at radius 2 is 0.515 bits per heavy atom. The minimum atomic E-state index is -4.96. The fraction of sp³-hybridized carbons (Fsp3) is 0.950. The maximum atomic E-state index is 13.1. The van der Waals surface area contributed by atoms with Crippen LogP contribution in [-0.2, 0) is 65.4 Å². The van der Waals surface area contributed by atoms with E-state index in [9.17, 15) is 43.2 Å². The number of hydrogen-bond donors (Lipinski definition) is 3. The van der Waals surface area contributed by atoms with Gasteiger partial charge < -0.3 is 33.8 Å². The molecule has 19 heteroatoms. The summed E-state index contributed by atoms with van der Waals surface area (Å²) in [7, 11) is -9.92. The number of hydrogen-bond acceptors (Lipinski definition) is 15. The van der Waals surface area contributed by atoms with Crippen LogP contribution in [0.15, 0.2) is 0 Å². The molecule has 17 nitrogen and oxygen atoms in total. The number of rotatable bonds is 78. The summed E-state index contributed by atoms with van der Waals surface area (Å²) >= 11 is 0. The molecule has 0 radical (unpaired) electrons. The van der Waals surface area contributed by atoms with Crippen LogP contribution in [0.3, 0.4) is 0 Å². The fourth-order valence-corrected chi connectivity index (χ4v) is 13.9. The maximum Gasteiger partial charge on any atom is 0.472 e. The zero-order chi connectivity index (χ0) is 73.0. The molecular weight excluding hydrogens is 1290 g/mol. The summed E-state index contributed by atoms with van der Waals surface area (Å²) in [6.07, 6.45) is 58.3. The van der Waals surface area contributed by atoms with Crippen LogP contribution in [0.1, 0.15) is 414 Å². The van der Waals surface area contributed by atoms with Crippen LogP contribution in [-0.4, -0.2) is 96.7 Å². The third kappa shape index (κ3) is 72.8. The average molecular weight is 1450 g/mol. The fourth-order valence-electron chi connectivity index (χ4n) is 12.3. The molecular formula is C80H156O17P2. The van der Waals surface area contributed by atoms with Gasteiger partial charge in [-0.25, -0.2) is 9.13 Å². The number of carbonyl (C=O) groups is 4. The second-order valence-corrected chi connectivity index (χ2v) is 32.9. The summed E-state index contributed by atoms with van der Waals surface area (Å²) in [5.74, 6) is 0.234. The largest absolute Gasteiger partial charge is 0.472 e. The molecule has 0 fully saturated rings. The number of aliphatic hydroxyl groups excluding tert-OH is 1. The lowest BCUT2D eigenvalue weighted by Gasteiger charge is -2.21. The Morgan fingerprint density at radius 1 is 0.293 bits per heavy atom. The smallest absolute Gasteiger partial charge is 0.462 e. The molecule has 3 N–H and O–H groups in total. The first kappa shape index (κ1) is 97.1. The normalized spacial score (nSPS) is 14.3. The molecule has 0 aromatic heterocycles. The molecule has 0 bridgehead atoms. The third-order valence-electron chi connectivity index (χ3n) is 19.0. The van der Waals surface area contributed by atoms with Gasteiger partial charge in [0.15, 0.2) is 12.2 Å². The van der Waals surface area contributed by atoms with Gasteiger partial charge in [-0.2, -0.15) is 0 Å². The molecule has 0 aromatic rings. The highest BCUT2D eigenvalue weighted by atomic mass is 31.2. The Morgan fingerprint density at radius 3 is 0.768 bits per heavy atom. The number of carbonyl (C=O) groups excluding carboxylic acids is 4. The molecule has 0 aromatic carbocycles. The Balaban J connectivity index is 5.21. The minimum Gasteiger partial charge on any atom is -0.462 e. The number of esters is 4. The van der Waals surface area contributed by atoms with Gasteiger partial charge in [-0.15, -0.1) is 0 Å². The summed E-state index contributed by atoms with van der Waals surface area (Å²) in [5, 5.41) is 10.6. The second-order valence-electron chi connectivity index (χ2n) is 30.0. The van der Waals surface area contributed by atoms with Gasteiger partial charge in [0.05, 0.1) is 26.4 Å². The van der Waals surface area contributed by atoms with E-state index in [-0.39, 0.29) is 25.7 Å². The molecule has 0 rings (SSSR count). The van der Waals surface area contributed by atoms with Crippen molar-refractivity contribution in [1.82, 2.24) is 0 Å². The van der Waals surface area contributed by atoms with Crippen LogP contribution in [0.2, 0.25) is 0 Å². The lowest BCUT2D eigenvalue weighted by molar-refractivity contribution is -0.161. The molecule has 0 saturated carbocycles. The van der Waals surface area contributed by atoms with Crippen molar-refractivity contribution in [3.05, 3.63) is 0 Å². The number of aliphatic hydroxyl groups is 1. The van der Waals surface area contributed by atoms with Crippen molar-refractivity contribution in [2.45, 2.75) is 433 Å². The van der Waals surface area contributed by atoms with Crippen LogP contribution in [0.25, 0.3) is 0 Å². The highest BCUT2D eigenvalue weighted by Gasteiger charge is 2.30. The van der Waals surface area contributed by atoms with Crippen LogP contribution < -0.4 is 0 Å². The van der Waals surface area contributed by atoms with Crippen LogP contribution in [0, 0.1) is 17.8 Å². The van der Waals surface area contributed by atoms with Crippen LogP contribution in [0.4, 0.5) is 0 Å². The highest BCUT2D eigenvalue weighted by molar-refractivity contribution is 7.47. The predicted octanol–water partition coefficient (Wildman–Crippen LogP) is 23.7. The molecule has 0 aliphatic heterocycles. The Kier molecular flexibility index (Phi) is 69.0. The molecule has 0 heterocycles. The van der Waals surface area contributed by atoms with Gasteiger partial charge in [0.25, 0.3) is 0 Å². The number of unbranched alkanes of at least 4 members (excludes halogenated alkanes) is 45. The Labute approximate surface area is 607 Å². The predicted molar refractivity (Wildman–Crippen MR) is 405 cm³/mol. The first-order valence-corrected chi connectivity index (χ1v) is 44.4. The van der Waals surface area contributed by atoms with Crippen LogP contribution in [0.5, 0.6) is 0 Å². The Hall–Kier alpha value is -1.94. The number of phosphoric ester groups is 2. The third-order valence-corrected chi connectivity index (χ3v) is 20.9. The van der Waals surface area contributed by atoms with Crippen molar-refractivity contribution in [1.29, 1.82) is 0 Å². The Bertz CT molecular complexity index is 1920. The van der Waals surface area contributed by atoms with E-state index >= 15 is 0 Å². The van der Waals surface area contributed by atoms with Gasteiger partial charge in [0, 0.05) is 25.7 Å². The van der Waals surface area contributed by atoms with Gasteiger partial charge in [0.1, 0.15) is 19.3 Å². The summed E-state index contributed by atoms with van der Waals surface area (Å²) in [4.78, 5) is 72.9. The SMILES string of the molecule is CCCCCCCCCCCCCCCC(=O)O[C@H](COC(=O)CCCCCCCCCC(C)C)COP(=O)(O)OC[C@H](O)COP(=O)(O)OC[C@@H](COC(=O)CCCCCCCCCCCCCC(C)C)OC(=O)CCCCCCCCCCCCCCCCCCCCC(C)CC. The molecule has 0 aliphatic carbocycles. The number of phosphoric acid groups is 2. The van der Waals surface area contributed by atoms with E-state index in [2.05, 4.69) is 48.5 Å². The summed E-state index contributed by atoms with van der Waals surface area (Å²) in [6.45, 7) is 11.9. The van der Waals surface area contributed by atoms with Crippen LogP contribution >= 0.6 is 15.6 Å². The quantitative estimate of drug-likeness (QED) is 0.0222. The highest BCUT2D eigenvalue weighted by Crippen LogP contribution is 2.45. The van der Waals surface area contributed by atoms with Gasteiger partial charge in [-0.05, 0) is 43.4 Å². The van der Waals surface area contributed by atoms with Crippen molar-refractivity contribution >= 4 is 39.5 Å². The second kappa shape index (κ2) is 70.4. The van der Waals surface area contributed by atoms with E-state index in [1.54, 1.807) is 0 Å². The van der Waals surface area contributed by atoms with Crippen molar-refractivity contribution in [2.24, 2.45) is 17.8 Å². The molecule has 6 atom stereocenters. The van der Waals surface area contributed by atoms with Gasteiger partial charge in [0.2, 0.25) is 0 Å². The lowest BCUT2D eigenvalue weighted by atomic mass is 9.99. The minimum absolute atomic E-state index is 0.107. The molecule has 588 valence electrons. The van der Waals surface area contributed by atoms with E-state index in [0.717, 1.165) is 108 Å². The summed E-state index contributed by atoms with van der Waals surface area (Å²) < 4.78 is 68.6. The molecule has 3 unspecified atom stereocenters. The zero-order valence-electron chi connectivity index (χ0n) is 65.0.